The Morgan fingerprint density at radius 2 is 2.46 bits per heavy atom. The SMILES string of the molecule is COCC(NN)c1ncccc1C. The van der Waals surface area contributed by atoms with Crippen molar-refractivity contribution in [2.75, 3.05) is 13.7 Å². The van der Waals surface area contributed by atoms with Gasteiger partial charge < -0.3 is 4.74 Å². The maximum absolute atomic E-state index is 5.39. The van der Waals surface area contributed by atoms with Crippen molar-refractivity contribution < 1.29 is 4.74 Å². The summed E-state index contributed by atoms with van der Waals surface area (Å²) in [5.41, 5.74) is 4.72. The number of pyridine rings is 1. The number of nitrogens with one attached hydrogen (secondary N) is 1. The smallest absolute Gasteiger partial charge is 0.0867 e. The van der Waals surface area contributed by atoms with E-state index in [1.807, 2.05) is 19.1 Å². The molecular weight excluding hydrogens is 166 g/mol. The van der Waals surface area contributed by atoms with Gasteiger partial charge >= 0.3 is 0 Å². The molecule has 0 spiro atoms. The van der Waals surface area contributed by atoms with Crippen LogP contribution < -0.4 is 11.3 Å². The van der Waals surface area contributed by atoms with Crippen LogP contribution in [0.1, 0.15) is 17.3 Å². The molecule has 1 atom stereocenters. The molecule has 4 nitrogen and oxygen atoms in total. The van der Waals surface area contributed by atoms with Crippen LogP contribution in [-0.2, 0) is 4.74 Å². The number of methoxy groups -OCH3 is 1. The van der Waals surface area contributed by atoms with Crippen LogP contribution in [0.3, 0.4) is 0 Å². The lowest BCUT2D eigenvalue weighted by atomic mass is 10.1. The lowest BCUT2D eigenvalue weighted by Crippen LogP contribution is -2.32. The number of nitrogens with two attached hydrogens (primary N) is 1. The van der Waals surface area contributed by atoms with E-state index in [0.29, 0.717) is 6.61 Å². The molecule has 1 aromatic heterocycles. The third-order valence-corrected chi connectivity index (χ3v) is 1.91. The quantitative estimate of drug-likeness (QED) is 0.526. The van der Waals surface area contributed by atoms with Gasteiger partial charge in [-0.1, -0.05) is 6.07 Å². The Hall–Kier alpha value is -0.970. The molecule has 72 valence electrons. The fourth-order valence-corrected chi connectivity index (χ4v) is 1.24. The predicted octanol–water partition coefficient (Wildman–Crippen LogP) is 0.541. The Labute approximate surface area is 78.1 Å². The molecule has 1 aromatic rings. The number of rotatable bonds is 4. The zero-order valence-corrected chi connectivity index (χ0v) is 7.95. The number of aryl methyl sites for hydroxylation is 1. The molecule has 3 N–H and O–H groups in total. The van der Waals surface area contributed by atoms with Gasteiger partial charge in [-0.2, -0.15) is 0 Å². The monoisotopic (exact) mass is 181 g/mol. The van der Waals surface area contributed by atoms with Crippen LogP contribution in [0.2, 0.25) is 0 Å². The van der Waals surface area contributed by atoms with Crippen LogP contribution >= 0.6 is 0 Å². The van der Waals surface area contributed by atoms with Gasteiger partial charge in [-0.15, -0.1) is 0 Å². The van der Waals surface area contributed by atoms with Crippen molar-refractivity contribution in [3.05, 3.63) is 29.6 Å². The molecule has 0 aromatic carbocycles. The van der Waals surface area contributed by atoms with Gasteiger partial charge in [0.05, 0.1) is 18.3 Å². The van der Waals surface area contributed by atoms with E-state index in [-0.39, 0.29) is 6.04 Å². The minimum Gasteiger partial charge on any atom is -0.383 e. The van der Waals surface area contributed by atoms with Crippen molar-refractivity contribution in [1.29, 1.82) is 0 Å². The lowest BCUT2D eigenvalue weighted by molar-refractivity contribution is 0.165. The third kappa shape index (κ3) is 2.48. The molecule has 0 amide bonds. The molecule has 0 saturated heterocycles. The zero-order valence-electron chi connectivity index (χ0n) is 7.95. The van der Waals surface area contributed by atoms with Crippen molar-refractivity contribution in [3.8, 4) is 0 Å². The van der Waals surface area contributed by atoms with E-state index < -0.39 is 0 Å². The molecule has 0 aliphatic rings. The molecule has 1 rings (SSSR count). The van der Waals surface area contributed by atoms with Gasteiger partial charge in [0.2, 0.25) is 0 Å². The zero-order chi connectivity index (χ0) is 9.68. The molecule has 0 fully saturated rings. The first-order valence-electron chi connectivity index (χ1n) is 4.16. The summed E-state index contributed by atoms with van der Waals surface area (Å²) in [6.07, 6.45) is 1.75. The highest BCUT2D eigenvalue weighted by Gasteiger charge is 2.12. The molecule has 0 aliphatic carbocycles. The predicted molar refractivity (Wildman–Crippen MR) is 50.9 cm³/mol. The van der Waals surface area contributed by atoms with Crippen LogP contribution in [0.4, 0.5) is 0 Å². The van der Waals surface area contributed by atoms with E-state index in [0.717, 1.165) is 11.3 Å². The summed E-state index contributed by atoms with van der Waals surface area (Å²) in [5, 5.41) is 0. The number of ether oxygens (including phenoxy) is 1. The van der Waals surface area contributed by atoms with E-state index in [1.165, 1.54) is 0 Å². The van der Waals surface area contributed by atoms with Crippen LogP contribution in [0.25, 0.3) is 0 Å². The Morgan fingerprint density at radius 1 is 1.69 bits per heavy atom. The number of hydrogen-bond donors (Lipinski definition) is 2. The van der Waals surface area contributed by atoms with Gasteiger partial charge in [-0.25, -0.2) is 5.43 Å². The summed E-state index contributed by atoms with van der Waals surface area (Å²) < 4.78 is 5.02. The molecule has 1 heterocycles. The second kappa shape index (κ2) is 4.91. The number of hydrogen-bond acceptors (Lipinski definition) is 4. The summed E-state index contributed by atoms with van der Waals surface area (Å²) in [6.45, 7) is 2.52. The van der Waals surface area contributed by atoms with Crippen molar-refractivity contribution in [3.63, 3.8) is 0 Å². The van der Waals surface area contributed by atoms with E-state index in [9.17, 15) is 0 Å². The van der Waals surface area contributed by atoms with Crippen molar-refractivity contribution in [1.82, 2.24) is 10.4 Å². The Morgan fingerprint density at radius 3 is 3.00 bits per heavy atom. The maximum atomic E-state index is 5.39. The second-order valence-corrected chi connectivity index (χ2v) is 2.88. The largest absolute Gasteiger partial charge is 0.383 e. The van der Waals surface area contributed by atoms with Gasteiger partial charge in [-0.3, -0.25) is 10.8 Å². The van der Waals surface area contributed by atoms with Crippen LogP contribution in [-0.4, -0.2) is 18.7 Å². The number of nitrogens with zero attached hydrogens (tertiary/aromatic N) is 1. The summed E-state index contributed by atoms with van der Waals surface area (Å²) in [6, 6.07) is 3.87. The summed E-state index contributed by atoms with van der Waals surface area (Å²) in [5.74, 6) is 5.39. The fourth-order valence-electron chi connectivity index (χ4n) is 1.24. The minimum absolute atomic E-state index is 0.0359. The highest BCUT2D eigenvalue weighted by Crippen LogP contribution is 2.13. The molecule has 0 aliphatic heterocycles. The van der Waals surface area contributed by atoms with Crippen LogP contribution in [0, 0.1) is 6.92 Å². The fraction of sp³-hybridized carbons (Fsp3) is 0.444. The van der Waals surface area contributed by atoms with Crippen LogP contribution in [0.15, 0.2) is 18.3 Å². The van der Waals surface area contributed by atoms with E-state index >= 15 is 0 Å². The molecule has 0 bridgehead atoms. The first kappa shape index (κ1) is 10.1. The summed E-state index contributed by atoms with van der Waals surface area (Å²) >= 11 is 0. The normalized spacial score (nSPS) is 12.8. The van der Waals surface area contributed by atoms with Crippen molar-refractivity contribution in [2.45, 2.75) is 13.0 Å². The van der Waals surface area contributed by atoms with Crippen LogP contribution in [0.5, 0.6) is 0 Å². The lowest BCUT2D eigenvalue weighted by Gasteiger charge is -2.15. The Kier molecular flexibility index (Phi) is 3.82. The molecule has 4 heteroatoms. The molecule has 1 unspecified atom stereocenters. The van der Waals surface area contributed by atoms with Gasteiger partial charge in [0, 0.05) is 13.3 Å². The minimum atomic E-state index is -0.0359. The standard InChI is InChI=1S/C9H15N3O/c1-7-4-3-5-11-9(7)8(12-10)6-13-2/h3-5,8,12H,6,10H2,1-2H3. The van der Waals surface area contributed by atoms with E-state index in [2.05, 4.69) is 10.4 Å². The van der Waals surface area contributed by atoms with Gasteiger partial charge in [0.15, 0.2) is 0 Å². The van der Waals surface area contributed by atoms with E-state index in [4.69, 9.17) is 10.6 Å². The van der Waals surface area contributed by atoms with Crippen molar-refractivity contribution in [2.24, 2.45) is 5.84 Å². The topological polar surface area (TPSA) is 60.2 Å². The summed E-state index contributed by atoms with van der Waals surface area (Å²) in [7, 11) is 1.64. The molecule has 13 heavy (non-hydrogen) atoms. The Bertz CT molecular complexity index is 265. The van der Waals surface area contributed by atoms with Gasteiger partial charge in [0.25, 0.3) is 0 Å². The average molecular weight is 181 g/mol. The van der Waals surface area contributed by atoms with Gasteiger partial charge in [-0.05, 0) is 18.6 Å². The highest BCUT2D eigenvalue weighted by atomic mass is 16.5. The number of aromatic nitrogens is 1. The molecule has 0 radical (unpaired) electrons. The highest BCUT2D eigenvalue weighted by molar-refractivity contribution is 5.20. The van der Waals surface area contributed by atoms with Gasteiger partial charge in [0.1, 0.15) is 0 Å². The van der Waals surface area contributed by atoms with E-state index in [1.54, 1.807) is 13.3 Å². The Balaban J connectivity index is 2.84. The first-order chi connectivity index (χ1) is 6.29. The maximum Gasteiger partial charge on any atom is 0.0867 e. The van der Waals surface area contributed by atoms with Crippen molar-refractivity contribution >= 4 is 0 Å². The molecular formula is C9H15N3O. The first-order valence-corrected chi connectivity index (χ1v) is 4.16. The number of hydrazine groups is 1. The molecule has 0 saturated carbocycles. The second-order valence-electron chi connectivity index (χ2n) is 2.88. The summed E-state index contributed by atoms with van der Waals surface area (Å²) in [4.78, 5) is 4.25. The third-order valence-electron chi connectivity index (χ3n) is 1.91. The average Bonchev–Trinajstić information content (AvgIpc) is 2.16.